The van der Waals surface area contributed by atoms with Crippen LogP contribution in [0.3, 0.4) is 0 Å². The SMILES string of the molecule is CNc1cc(S(=O)(=O)Nc2cnoc2)ccn1. The van der Waals surface area contributed by atoms with Gasteiger partial charge in [0.05, 0.1) is 11.1 Å². The minimum Gasteiger partial charge on any atom is -0.373 e. The second-order valence-corrected chi connectivity index (χ2v) is 4.83. The summed E-state index contributed by atoms with van der Waals surface area (Å²) in [4.78, 5) is 4.04. The van der Waals surface area contributed by atoms with Gasteiger partial charge in [-0.25, -0.2) is 13.4 Å². The quantitative estimate of drug-likeness (QED) is 0.841. The number of rotatable bonds is 4. The fraction of sp³-hybridized carbons (Fsp3) is 0.111. The average Bonchev–Trinajstić information content (AvgIpc) is 2.81. The number of aromatic nitrogens is 2. The zero-order valence-corrected chi connectivity index (χ0v) is 9.73. The molecule has 17 heavy (non-hydrogen) atoms. The van der Waals surface area contributed by atoms with Crippen LogP contribution in [0, 0.1) is 0 Å². The monoisotopic (exact) mass is 254 g/mol. The highest BCUT2D eigenvalue weighted by Crippen LogP contribution is 2.16. The predicted octanol–water partition coefficient (Wildman–Crippen LogP) is 0.912. The van der Waals surface area contributed by atoms with Crippen molar-refractivity contribution >= 4 is 21.5 Å². The maximum atomic E-state index is 11.9. The van der Waals surface area contributed by atoms with Crippen molar-refractivity contribution in [2.45, 2.75) is 4.90 Å². The molecule has 2 aromatic rings. The first-order valence-corrected chi connectivity index (χ1v) is 6.16. The molecule has 0 aliphatic carbocycles. The number of nitrogens with zero attached hydrogens (tertiary/aromatic N) is 2. The van der Waals surface area contributed by atoms with E-state index in [-0.39, 0.29) is 10.6 Å². The Morgan fingerprint density at radius 2 is 2.24 bits per heavy atom. The van der Waals surface area contributed by atoms with Crippen molar-refractivity contribution in [2.75, 3.05) is 17.1 Å². The molecule has 2 heterocycles. The number of nitrogens with one attached hydrogen (secondary N) is 2. The molecule has 7 nitrogen and oxygen atoms in total. The molecule has 0 aromatic carbocycles. The molecule has 0 saturated carbocycles. The van der Waals surface area contributed by atoms with Crippen LogP contribution in [-0.4, -0.2) is 25.6 Å². The highest BCUT2D eigenvalue weighted by molar-refractivity contribution is 7.92. The number of hydrogen-bond acceptors (Lipinski definition) is 6. The fourth-order valence-corrected chi connectivity index (χ4v) is 2.22. The molecule has 0 fully saturated rings. The molecule has 0 spiro atoms. The lowest BCUT2D eigenvalue weighted by Gasteiger charge is -2.06. The Bertz CT molecular complexity index is 594. The van der Waals surface area contributed by atoms with Crippen molar-refractivity contribution in [1.29, 1.82) is 0 Å². The molecule has 0 radical (unpaired) electrons. The largest absolute Gasteiger partial charge is 0.373 e. The third-order valence-electron chi connectivity index (χ3n) is 1.98. The fourth-order valence-electron chi connectivity index (χ4n) is 1.18. The van der Waals surface area contributed by atoms with Gasteiger partial charge in [-0.2, -0.15) is 0 Å². The molecular formula is C9H10N4O3S. The van der Waals surface area contributed by atoms with Crippen molar-refractivity contribution in [2.24, 2.45) is 0 Å². The van der Waals surface area contributed by atoms with E-state index in [1.165, 1.54) is 30.8 Å². The van der Waals surface area contributed by atoms with E-state index >= 15 is 0 Å². The molecule has 90 valence electrons. The highest BCUT2D eigenvalue weighted by Gasteiger charge is 2.15. The van der Waals surface area contributed by atoms with E-state index in [2.05, 4.69) is 24.7 Å². The molecule has 2 rings (SSSR count). The van der Waals surface area contributed by atoms with Gasteiger partial charge in [-0.15, -0.1) is 0 Å². The molecular weight excluding hydrogens is 244 g/mol. The van der Waals surface area contributed by atoms with Gasteiger partial charge in [-0.3, -0.25) is 4.72 Å². The standard InChI is InChI=1S/C9H10N4O3S/c1-10-9-4-8(2-3-11-9)17(14,15)13-7-5-12-16-6-7/h2-6,13H,1H3,(H,10,11). The zero-order valence-electron chi connectivity index (χ0n) is 8.91. The summed E-state index contributed by atoms with van der Waals surface area (Å²) in [6, 6.07) is 2.83. The number of hydrogen-bond donors (Lipinski definition) is 2. The van der Waals surface area contributed by atoms with E-state index < -0.39 is 10.0 Å². The summed E-state index contributed by atoms with van der Waals surface area (Å²) >= 11 is 0. The van der Waals surface area contributed by atoms with Gasteiger partial charge in [0, 0.05) is 19.3 Å². The van der Waals surface area contributed by atoms with E-state index in [4.69, 9.17) is 0 Å². The molecule has 0 atom stereocenters. The van der Waals surface area contributed by atoms with Crippen LogP contribution in [0.4, 0.5) is 11.5 Å². The molecule has 8 heteroatoms. The van der Waals surface area contributed by atoms with Crippen LogP contribution in [-0.2, 0) is 10.0 Å². The van der Waals surface area contributed by atoms with Gasteiger partial charge >= 0.3 is 0 Å². The second-order valence-electron chi connectivity index (χ2n) is 3.15. The lowest BCUT2D eigenvalue weighted by molar-refractivity contribution is 0.420. The van der Waals surface area contributed by atoms with Gasteiger partial charge in [-0.1, -0.05) is 5.16 Å². The van der Waals surface area contributed by atoms with Crippen LogP contribution < -0.4 is 10.0 Å². The topological polar surface area (TPSA) is 97.1 Å². The maximum Gasteiger partial charge on any atom is 0.262 e. The Morgan fingerprint density at radius 1 is 1.41 bits per heavy atom. The molecule has 0 bridgehead atoms. The molecule has 0 aliphatic heterocycles. The first-order chi connectivity index (χ1) is 8.12. The van der Waals surface area contributed by atoms with E-state index in [1.807, 2.05) is 0 Å². The summed E-state index contributed by atoms with van der Waals surface area (Å²) in [7, 11) is -1.99. The Hall–Kier alpha value is -2.09. The minimum atomic E-state index is -3.65. The van der Waals surface area contributed by atoms with Gasteiger partial charge in [0.2, 0.25) is 0 Å². The van der Waals surface area contributed by atoms with Crippen molar-refractivity contribution in [3.63, 3.8) is 0 Å². The lowest BCUT2D eigenvalue weighted by Crippen LogP contribution is -2.12. The van der Waals surface area contributed by atoms with E-state index in [1.54, 1.807) is 7.05 Å². The first kappa shape index (κ1) is 11.4. The van der Waals surface area contributed by atoms with Gasteiger partial charge in [-0.05, 0) is 6.07 Å². The van der Waals surface area contributed by atoms with Crippen molar-refractivity contribution < 1.29 is 12.9 Å². The second kappa shape index (κ2) is 4.42. The smallest absolute Gasteiger partial charge is 0.262 e. The predicted molar refractivity (Wildman–Crippen MR) is 61.1 cm³/mol. The van der Waals surface area contributed by atoms with E-state index in [0.29, 0.717) is 5.82 Å². The van der Waals surface area contributed by atoms with Gasteiger partial charge < -0.3 is 9.84 Å². The Labute approximate surface area is 97.9 Å². The van der Waals surface area contributed by atoms with Crippen LogP contribution in [0.15, 0.2) is 40.2 Å². The molecule has 0 aliphatic rings. The number of sulfonamides is 1. The summed E-state index contributed by atoms with van der Waals surface area (Å²) < 4.78 is 30.7. The van der Waals surface area contributed by atoms with E-state index in [9.17, 15) is 8.42 Å². The summed E-state index contributed by atoms with van der Waals surface area (Å²) in [5, 5.41) is 6.17. The molecule has 2 N–H and O–H groups in total. The van der Waals surface area contributed by atoms with Crippen LogP contribution >= 0.6 is 0 Å². The van der Waals surface area contributed by atoms with E-state index in [0.717, 1.165) is 0 Å². The van der Waals surface area contributed by atoms with Gasteiger partial charge in [0.25, 0.3) is 10.0 Å². The van der Waals surface area contributed by atoms with Gasteiger partial charge in [0.15, 0.2) is 0 Å². The lowest BCUT2D eigenvalue weighted by atomic mass is 10.5. The summed E-state index contributed by atoms with van der Waals surface area (Å²) in [6.45, 7) is 0. The zero-order chi connectivity index (χ0) is 12.3. The van der Waals surface area contributed by atoms with Crippen molar-refractivity contribution in [3.05, 3.63) is 30.8 Å². The molecule has 0 saturated heterocycles. The Morgan fingerprint density at radius 3 is 2.88 bits per heavy atom. The minimum absolute atomic E-state index is 0.109. The Kier molecular flexibility index (Phi) is 2.96. The molecule has 0 unspecified atom stereocenters. The summed E-state index contributed by atoms with van der Waals surface area (Å²) in [5.74, 6) is 0.471. The normalized spacial score (nSPS) is 11.1. The first-order valence-electron chi connectivity index (χ1n) is 4.68. The average molecular weight is 254 g/mol. The third-order valence-corrected chi connectivity index (χ3v) is 3.36. The molecule has 0 amide bonds. The summed E-state index contributed by atoms with van der Waals surface area (Å²) in [5.41, 5.74) is 0.271. The van der Waals surface area contributed by atoms with Crippen molar-refractivity contribution in [3.8, 4) is 0 Å². The molecule has 2 aromatic heterocycles. The highest BCUT2D eigenvalue weighted by atomic mass is 32.2. The van der Waals surface area contributed by atoms with Crippen LogP contribution in [0.2, 0.25) is 0 Å². The van der Waals surface area contributed by atoms with Crippen molar-refractivity contribution in [1.82, 2.24) is 10.1 Å². The van der Waals surface area contributed by atoms with Gasteiger partial charge in [0.1, 0.15) is 17.8 Å². The maximum absolute atomic E-state index is 11.9. The number of anilines is 2. The number of pyridine rings is 1. The van der Waals surface area contributed by atoms with Crippen LogP contribution in [0.5, 0.6) is 0 Å². The van der Waals surface area contributed by atoms with Crippen LogP contribution in [0.1, 0.15) is 0 Å². The third kappa shape index (κ3) is 2.53. The van der Waals surface area contributed by atoms with Crippen LogP contribution in [0.25, 0.3) is 0 Å². The summed E-state index contributed by atoms with van der Waals surface area (Å²) in [6.07, 6.45) is 3.89. The Balaban J connectivity index is 2.31.